The van der Waals surface area contributed by atoms with Crippen LogP contribution in [0.2, 0.25) is 5.02 Å². The van der Waals surface area contributed by atoms with Crippen LogP contribution < -0.4 is 5.32 Å². The van der Waals surface area contributed by atoms with E-state index in [0.29, 0.717) is 23.2 Å². The molecule has 110 valence electrons. The van der Waals surface area contributed by atoms with E-state index in [1.54, 1.807) is 12.1 Å². The van der Waals surface area contributed by atoms with Gasteiger partial charge in [0.05, 0.1) is 15.5 Å². The highest BCUT2D eigenvalue weighted by Gasteiger charge is 2.32. The molecule has 0 bridgehead atoms. The van der Waals surface area contributed by atoms with Crippen molar-refractivity contribution in [2.24, 2.45) is 5.41 Å². The summed E-state index contributed by atoms with van der Waals surface area (Å²) in [5.74, 6) is 0. The summed E-state index contributed by atoms with van der Waals surface area (Å²) in [6.45, 7) is 4.96. The zero-order valence-electron chi connectivity index (χ0n) is 12.0. The highest BCUT2D eigenvalue weighted by molar-refractivity contribution is 6.31. The van der Waals surface area contributed by atoms with Crippen LogP contribution in [0.3, 0.4) is 0 Å². The van der Waals surface area contributed by atoms with Crippen LogP contribution in [-0.2, 0) is 6.54 Å². The van der Waals surface area contributed by atoms with Crippen molar-refractivity contribution in [3.8, 4) is 0 Å². The van der Waals surface area contributed by atoms with E-state index in [0.717, 1.165) is 6.42 Å². The molecule has 5 heteroatoms. The summed E-state index contributed by atoms with van der Waals surface area (Å²) in [6.07, 6.45) is 4.78. The first-order valence-corrected chi connectivity index (χ1v) is 7.45. The molecule has 1 N–H and O–H groups in total. The molecule has 1 aliphatic rings. The van der Waals surface area contributed by atoms with Gasteiger partial charge in [-0.15, -0.1) is 0 Å². The maximum absolute atomic E-state index is 11.1. The van der Waals surface area contributed by atoms with E-state index in [1.165, 1.54) is 25.3 Å². The Bertz CT molecular complexity index is 503. The van der Waals surface area contributed by atoms with Gasteiger partial charge in [0.1, 0.15) is 0 Å². The summed E-state index contributed by atoms with van der Waals surface area (Å²) in [7, 11) is 0. The molecule has 0 saturated heterocycles. The fourth-order valence-electron chi connectivity index (χ4n) is 2.99. The fraction of sp³-hybridized carbons (Fsp3) is 0.600. The Morgan fingerprint density at radius 1 is 1.45 bits per heavy atom. The van der Waals surface area contributed by atoms with Gasteiger partial charge in [0, 0.05) is 18.7 Å². The highest BCUT2D eigenvalue weighted by atomic mass is 35.5. The Labute approximate surface area is 124 Å². The molecular weight excluding hydrogens is 276 g/mol. The third kappa shape index (κ3) is 3.30. The zero-order chi connectivity index (χ0) is 14.8. The first kappa shape index (κ1) is 15.3. The van der Waals surface area contributed by atoms with Crippen molar-refractivity contribution in [1.82, 2.24) is 5.32 Å². The first-order valence-electron chi connectivity index (χ1n) is 7.07. The van der Waals surface area contributed by atoms with Gasteiger partial charge in [0.25, 0.3) is 5.69 Å². The van der Waals surface area contributed by atoms with Crippen molar-refractivity contribution in [1.29, 1.82) is 0 Å². The summed E-state index contributed by atoms with van der Waals surface area (Å²) >= 11 is 6.12. The van der Waals surface area contributed by atoms with Gasteiger partial charge in [-0.2, -0.15) is 0 Å². The number of nitro groups is 1. The molecule has 1 aromatic rings. The van der Waals surface area contributed by atoms with Crippen LogP contribution in [0.15, 0.2) is 18.2 Å². The monoisotopic (exact) mass is 296 g/mol. The quantitative estimate of drug-likeness (QED) is 0.665. The van der Waals surface area contributed by atoms with Crippen LogP contribution in [-0.4, -0.2) is 11.0 Å². The lowest BCUT2D eigenvalue weighted by atomic mass is 9.73. The molecule has 1 unspecified atom stereocenters. The number of benzene rings is 1. The van der Waals surface area contributed by atoms with E-state index >= 15 is 0 Å². The average Bonchev–Trinajstić information content (AvgIpc) is 2.38. The molecule has 0 aromatic heterocycles. The summed E-state index contributed by atoms with van der Waals surface area (Å²) < 4.78 is 0. The molecule has 1 saturated carbocycles. The van der Waals surface area contributed by atoms with Gasteiger partial charge in [-0.3, -0.25) is 10.1 Å². The lowest BCUT2D eigenvalue weighted by molar-refractivity contribution is -0.385. The lowest BCUT2D eigenvalue weighted by Crippen LogP contribution is -2.43. The summed E-state index contributed by atoms with van der Waals surface area (Å²) in [4.78, 5) is 10.7. The predicted molar refractivity (Wildman–Crippen MR) is 81.0 cm³/mol. The Balaban J connectivity index is 2.13. The summed E-state index contributed by atoms with van der Waals surface area (Å²) in [6, 6.07) is 5.22. The molecule has 0 spiro atoms. The van der Waals surface area contributed by atoms with Crippen molar-refractivity contribution < 1.29 is 4.92 Å². The van der Waals surface area contributed by atoms with Crippen molar-refractivity contribution in [3.63, 3.8) is 0 Å². The molecule has 0 heterocycles. The molecule has 4 nitrogen and oxygen atoms in total. The van der Waals surface area contributed by atoms with Crippen LogP contribution in [0.4, 0.5) is 5.69 Å². The molecule has 1 fully saturated rings. The number of hydrogen-bond acceptors (Lipinski definition) is 3. The minimum absolute atomic E-state index is 0.0959. The molecule has 0 amide bonds. The Hall–Kier alpha value is -1.13. The largest absolute Gasteiger partial charge is 0.309 e. The molecule has 1 aromatic carbocycles. The maximum atomic E-state index is 11.1. The number of halogens is 1. The van der Waals surface area contributed by atoms with Gasteiger partial charge >= 0.3 is 0 Å². The maximum Gasteiger partial charge on any atom is 0.275 e. The van der Waals surface area contributed by atoms with Crippen LogP contribution in [0, 0.1) is 15.5 Å². The summed E-state index contributed by atoms with van der Waals surface area (Å²) in [5.41, 5.74) is 0.910. The van der Waals surface area contributed by atoms with Crippen LogP contribution in [0.25, 0.3) is 0 Å². The molecule has 0 aliphatic heterocycles. The second kappa shape index (κ2) is 6.10. The Kier molecular flexibility index (Phi) is 4.66. The van der Waals surface area contributed by atoms with E-state index in [4.69, 9.17) is 11.6 Å². The zero-order valence-corrected chi connectivity index (χ0v) is 12.7. The number of nitrogens with zero attached hydrogens (tertiary/aromatic N) is 1. The van der Waals surface area contributed by atoms with Gasteiger partial charge in [-0.25, -0.2) is 0 Å². The van der Waals surface area contributed by atoms with Crippen molar-refractivity contribution in [2.75, 3.05) is 0 Å². The minimum atomic E-state index is -0.366. The Morgan fingerprint density at radius 3 is 2.85 bits per heavy atom. The van der Waals surface area contributed by atoms with Crippen molar-refractivity contribution in [3.05, 3.63) is 38.9 Å². The van der Waals surface area contributed by atoms with Crippen molar-refractivity contribution >= 4 is 17.3 Å². The van der Waals surface area contributed by atoms with Crippen LogP contribution >= 0.6 is 11.6 Å². The SMILES string of the molecule is CC1(C)CCCCC1NCc1c(Cl)cccc1[N+](=O)[O-]. The Morgan fingerprint density at radius 2 is 2.20 bits per heavy atom. The lowest BCUT2D eigenvalue weighted by Gasteiger charge is -2.39. The van der Waals surface area contributed by atoms with Crippen LogP contribution in [0.5, 0.6) is 0 Å². The smallest absolute Gasteiger partial charge is 0.275 e. The van der Waals surface area contributed by atoms with Crippen LogP contribution in [0.1, 0.15) is 45.1 Å². The molecule has 1 aliphatic carbocycles. The van der Waals surface area contributed by atoms with E-state index in [-0.39, 0.29) is 16.0 Å². The highest BCUT2D eigenvalue weighted by Crippen LogP contribution is 2.36. The molecule has 20 heavy (non-hydrogen) atoms. The molecule has 1 atom stereocenters. The van der Waals surface area contributed by atoms with Gasteiger partial charge in [0.2, 0.25) is 0 Å². The fourth-order valence-corrected chi connectivity index (χ4v) is 3.23. The average molecular weight is 297 g/mol. The second-order valence-corrected chi connectivity index (χ2v) is 6.57. The topological polar surface area (TPSA) is 55.2 Å². The molecule has 0 radical (unpaired) electrons. The van der Waals surface area contributed by atoms with E-state index < -0.39 is 0 Å². The van der Waals surface area contributed by atoms with Gasteiger partial charge in [0.15, 0.2) is 0 Å². The van der Waals surface area contributed by atoms with E-state index in [9.17, 15) is 10.1 Å². The molecular formula is C15H21ClN2O2. The predicted octanol–water partition coefficient (Wildman–Crippen LogP) is 4.31. The summed E-state index contributed by atoms with van der Waals surface area (Å²) in [5, 5.41) is 15.0. The van der Waals surface area contributed by atoms with Crippen molar-refractivity contribution in [2.45, 2.75) is 52.1 Å². The standard InChI is InChI=1S/C15H21ClN2O2/c1-15(2)9-4-3-8-14(15)17-10-11-12(16)6-5-7-13(11)18(19)20/h5-7,14,17H,3-4,8-10H2,1-2H3. The number of rotatable bonds is 4. The van der Waals surface area contributed by atoms with Gasteiger partial charge in [-0.1, -0.05) is 44.4 Å². The second-order valence-electron chi connectivity index (χ2n) is 6.16. The number of nitrogens with one attached hydrogen (secondary N) is 1. The minimum Gasteiger partial charge on any atom is -0.309 e. The van der Waals surface area contributed by atoms with E-state index in [2.05, 4.69) is 19.2 Å². The number of hydrogen-bond donors (Lipinski definition) is 1. The van der Waals surface area contributed by atoms with E-state index in [1.807, 2.05) is 0 Å². The number of nitro benzene ring substituents is 1. The van der Waals surface area contributed by atoms with Gasteiger partial charge < -0.3 is 5.32 Å². The van der Waals surface area contributed by atoms with Gasteiger partial charge in [-0.05, 0) is 24.3 Å². The first-order chi connectivity index (χ1) is 9.42. The normalized spacial score (nSPS) is 21.6. The third-order valence-corrected chi connectivity index (χ3v) is 4.68. The third-order valence-electron chi connectivity index (χ3n) is 4.32. The molecule has 2 rings (SSSR count).